The number of ketones is 1. The van der Waals surface area contributed by atoms with E-state index in [2.05, 4.69) is 6.92 Å². The van der Waals surface area contributed by atoms with Gasteiger partial charge in [0, 0.05) is 12.8 Å². The number of rotatable bonds is 4. The van der Waals surface area contributed by atoms with Crippen molar-refractivity contribution in [3.8, 4) is 0 Å². The average Bonchev–Trinajstić information content (AvgIpc) is 1.83. The molecule has 0 aliphatic heterocycles. The number of hydrogen-bond acceptors (Lipinski definition) is 1. The van der Waals surface area contributed by atoms with Crippen molar-refractivity contribution >= 4 is 5.78 Å². The van der Waals surface area contributed by atoms with Crippen molar-refractivity contribution in [3.63, 3.8) is 0 Å². The molecule has 1 unspecified atom stereocenters. The summed E-state index contributed by atoms with van der Waals surface area (Å²) in [5.74, 6) is 0.769. The Morgan fingerprint density at radius 1 is 1.67 bits per heavy atom. The SMILES string of the molecule is [CH2]C(C)CCC(=O)CC. The second-order valence-electron chi connectivity index (χ2n) is 2.54. The summed E-state index contributed by atoms with van der Waals surface area (Å²) in [5, 5.41) is 0. The van der Waals surface area contributed by atoms with E-state index in [1.54, 1.807) is 0 Å². The molecule has 1 radical (unpaired) electrons. The molecule has 0 heterocycles. The van der Waals surface area contributed by atoms with Crippen molar-refractivity contribution < 1.29 is 4.79 Å². The van der Waals surface area contributed by atoms with E-state index in [-0.39, 0.29) is 0 Å². The van der Waals surface area contributed by atoms with Crippen LogP contribution in [0.4, 0.5) is 0 Å². The third-order valence-electron chi connectivity index (χ3n) is 1.31. The van der Waals surface area contributed by atoms with Crippen LogP contribution in [-0.2, 0) is 4.79 Å². The summed E-state index contributed by atoms with van der Waals surface area (Å²) in [6, 6.07) is 0. The molecule has 0 N–H and O–H groups in total. The fourth-order valence-corrected chi connectivity index (χ4v) is 0.584. The molecule has 0 aromatic rings. The fourth-order valence-electron chi connectivity index (χ4n) is 0.584. The van der Waals surface area contributed by atoms with Crippen LogP contribution in [0, 0.1) is 12.8 Å². The molecule has 53 valence electrons. The van der Waals surface area contributed by atoms with Gasteiger partial charge in [-0.15, -0.1) is 0 Å². The van der Waals surface area contributed by atoms with E-state index >= 15 is 0 Å². The smallest absolute Gasteiger partial charge is 0.132 e. The van der Waals surface area contributed by atoms with Gasteiger partial charge in [-0.25, -0.2) is 0 Å². The van der Waals surface area contributed by atoms with Gasteiger partial charge in [0.25, 0.3) is 0 Å². The van der Waals surface area contributed by atoms with Crippen molar-refractivity contribution in [1.29, 1.82) is 0 Å². The van der Waals surface area contributed by atoms with Crippen LogP contribution in [0.25, 0.3) is 0 Å². The van der Waals surface area contributed by atoms with Gasteiger partial charge < -0.3 is 0 Å². The van der Waals surface area contributed by atoms with Crippen LogP contribution in [0.3, 0.4) is 0 Å². The predicted molar refractivity (Wildman–Crippen MR) is 39.1 cm³/mol. The summed E-state index contributed by atoms with van der Waals surface area (Å²) in [6.07, 6.45) is 2.32. The molecule has 1 nitrogen and oxygen atoms in total. The molecule has 0 spiro atoms. The predicted octanol–water partition coefficient (Wildman–Crippen LogP) is 2.22. The summed E-state index contributed by atoms with van der Waals surface area (Å²) in [4.78, 5) is 10.7. The highest BCUT2D eigenvalue weighted by atomic mass is 16.1. The van der Waals surface area contributed by atoms with Gasteiger partial charge >= 0.3 is 0 Å². The van der Waals surface area contributed by atoms with Crippen LogP contribution >= 0.6 is 0 Å². The number of carbonyl (C=O) groups is 1. The van der Waals surface area contributed by atoms with Gasteiger partial charge in [-0.1, -0.05) is 20.8 Å². The Balaban J connectivity index is 3.17. The van der Waals surface area contributed by atoms with Gasteiger partial charge in [0.2, 0.25) is 0 Å². The lowest BCUT2D eigenvalue weighted by Crippen LogP contribution is -1.97. The Kier molecular flexibility index (Phi) is 4.37. The van der Waals surface area contributed by atoms with Crippen LogP contribution in [-0.4, -0.2) is 5.78 Å². The summed E-state index contributed by atoms with van der Waals surface area (Å²) in [6.45, 7) is 7.72. The minimum Gasteiger partial charge on any atom is -0.300 e. The van der Waals surface area contributed by atoms with Gasteiger partial charge in [-0.2, -0.15) is 0 Å². The van der Waals surface area contributed by atoms with E-state index in [9.17, 15) is 4.79 Å². The Morgan fingerprint density at radius 3 is 2.56 bits per heavy atom. The molecule has 0 aliphatic carbocycles. The number of Topliss-reactive ketones (excluding diaryl/α,β-unsaturated/α-hetero) is 1. The van der Waals surface area contributed by atoms with E-state index in [0.717, 1.165) is 6.42 Å². The first-order valence-corrected chi connectivity index (χ1v) is 3.51. The van der Waals surface area contributed by atoms with Crippen LogP contribution < -0.4 is 0 Å². The van der Waals surface area contributed by atoms with Crippen LogP contribution in [0.5, 0.6) is 0 Å². The van der Waals surface area contributed by atoms with Crippen molar-refractivity contribution in [2.75, 3.05) is 0 Å². The Labute approximate surface area is 57.5 Å². The zero-order valence-electron chi connectivity index (χ0n) is 6.31. The van der Waals surface area contributed by atoms with E-state index in [1.807, 2.05) is 13.8 Å². The molecule has 1 atom stereocenters. The molecule has 0 aromatic heterocycles. The van der Waals surface area contributed by atoms with Crippen molar-refractivity contribution in [2.24, 2.45) is 5.92 Å². The van der Waals surface area contributed by atoms with Gasteiger partial charge in [0.1, 0.15) is 5.78 Å². The molecule has 0 fully saturated rings. The molecule has 0 amide bonds. The van der Waals surface area contributed by atoms with Crippen molar-refractivity contribution in [3.05, 3.63) is 6.92 Å². The van der Waals surface area contributed by atoms with Gasteiger partial charge in [-0.05, 0) is 12.3 Å². The number of carbonyl (C=O) groups excluding carboxylic acids is 1. The molecule has 0 saturated heterocycles. The normalized spacial score (nSPS) is 10.2. The Bertz CT molecular complexity index is 84.6. The quantitative estimate of drug-likeness (QED) is 0.566. The fraction of sp³-hybridized carbons (Fsp3) is 0.750. The maximum Gasteiger partial charge on any atom is 0.132 e. The monoisotopic (exact) mass is 127 g/mol. The minimum absolute atomic E-state index is 0.352. The third kappa shape index (κ3) is 5.54. The zero-order chi connectivity index (χ0) is 7.28. The first-order valence-electron chi connectivity index (χ1n) is 3.51. The van der Waals surface area contributed by atoms with Crippen LogP contribution in [0.2, 0.25) is 0 Å². The minimum atomic E-state index is 0.352. The van der Waals surface area contributed by atoms with Crippen LogP contribution in [0.1, 0.15) is 33.1 Å². The molecule has 0 aromatic carbocycles. The highest BCUT2D eigenvalue weighted by Gasteiger charge is 1.99. The van der Waals surface area contributed by atoms with E-state index in [4.69, 9.17) is 0 Å². The van der Waals surface area contributed by atoms with Crippen molar-refractivity contribution in [2.45, 2.75) is 33.1 Å². The van der Waals surface area contributed by atoms with Gasteiger partial charge in [-0.3, -0.25) is 4.79 Å². The summed E-state index contributed by atoms with van der Waals surface area (Å²) in [5.41, 5.74) is 0. The molecular formula is C8H15O. The first-order chi connectivity index (χ1) is 4.16. The maximum absolute atomic E-state index is 10.7. The third-order valence-corrected chi connectivity index (χ3v) is 1.31. The molecule has 0 bridgehead atoms. The molecular weight excluding hydrogens is 112 g/mol. The van der Waals surface area contributed by atoms with Crippen molar-refractivity contribution in [1.82, 2.24) is 0 Å². The molecule has 0 rings (SSSR count). The first kappa shape index (κ1) is 8.67. The topological polar surface area (TPSA) is 17.1 Å². The summed E-state index contributed by atoms with van der Waals surface area (Å²) >= 11 is 0. The average molecular weight is 127 g/mol. The Morgan fingerprint density at radius 2 is 2.22 bits per heavy atom. The largest absolute Gasteiger partial charge is 0.300 e. The summed E-state index contributed by atoms with van der Waals surface area (Å²) in [7, 11) is 0. The zero-order valence-corrected chi connectivity index (χ0v) is 6.31. The molecule has 0 saturated carbocycles. The Hall–Kier alpha value is -0.330. The van der Waals surface area contributed by atoms with E-state index in [1.165, 1.54) is 0 Å². The molecule has 0 aliphatic rings. The number of hydrogen-bond donors (Lipinski definition) is 0. The highest BCUT2D eigenvalue weighted by molar-refractivity contribution is 5.77. The molecule has 1 heteroatoms. The second kappa shape index (κ2) is 4.54. The van der Waals surface area contributed by atoms with Crippen LogP contribution in [0.15, 0.2) is 0 Å². The highest BCUT2D eigenvalue weighted by Crippen LogP contribution is 2.04. The lowest BCUT2D eigenvalue weighted by Gasteiger charge is -2.00. The molecule has 9 heavy (non-hydrogen) atoms. The van der Waals surface area contributed by atoms with E-state index < -0.39 is 0 Å². The summed E-state index contributed by atoms with van der Waals surface area (Å²) < 4.78 is 0. The van der Waals surface area contributed by atoms with E-state index in [0.29, 0.717) is 24.5 Å². The second-order valence-corrected chi connectivity index (χ2v) is 2.54. The van der Waals surface area contributed by atoms with Gasteiger partial charge in [0.05, 0.1) is 0 Å². The lowest BCUT2D eigenvalue weighted by atomic mass is 10.1. The lowest BCUT2D eigenvalue weighted by molar-refractivity contribution is -0.118. The standard InChI is InChI=1S/C8H15O/c1-4-8(9)6-5-7(2)3/h7H,2,4-6H2,1,3H3. The maximum atomic E-state index is 10.7. The van der Waals surface area contributed by atoms with Gasteiger partial charge in [0.15, 0.2) is 0 Å².